The van der Waals surface area contributed by atoms with Crippen LogP contribution in [0.25, 0.3) is 22.6 Å². The van der Waals surface area contributed by atoms with Gasteiger partial charge in [-0.05, 0) is 43.7 Å². The maximum absolute atomic E-state index is 13.9. The molecule has 0 spiro atoms. The van der Waals surface area contributed by atoms with E-state index in [0.29, 0.717) is 35.7 Å². The summed E-state index contributed by atoms with van der Waals surface area (Å²) in [5.41, 5.74) is 0.163. The lowest BCUT2D eigenvalue weighted by atomic mass is 10.1. The fourth-order valence-corrected chi connectivity index (χ4v) is 5.74. The molecule has 2 aliphatic rings. The Morgan fingerprint density at radius 1 is 1.19 bits per heavy atom. The first-order valence-electron chi connectivity index (χ1n) is 14.5. The average Bonchev–Trinajstić information content (AvgIpc) is 3.72. The van der Waals surface area contributed by atoms with E-state index in [9.17, 15) is 23.2 Å². The molecule has 6 rings (SSSR count). The summed E-state index contributed by atoms with van der Waals surface area (Å²) in [7, 11) is 0. The van der Waals surface area contributed by atoms with Gasteiger partial charge in [0.25, 0.3) is 11.5 Å². The van der Waals surface area contributed by atoms with Crippen molar-refractivity contribution in [3.05, 3.63) is 68.6 Å². The summed E-state index contributed by atoms with van der Waals surface area (Å²) < 4.78 is 39.7. The van der Waals surface area contributed by atoms with E-state index in [4.69, 9.17) is 9.72 Å². The zero-order valence-electron chi connectivity index (χ0n) is 24.1. The number of carbonyl (C=O) groups excluding carboxylic acids is 1. The molecule has 1 atom stereocenters. The highest BCUT2D eigenvalue weighted by Crippen LogP contribution is 2.76. The number of nitrogens with zero attached hydrogens (tertiary/aromatic N) is 6. The normalized spacial score (nSPS) is 20.0. The highest BCUT2D eigenvalue weighted by Gasteiger charge is 2.76. The van der Waals surface area contributed by atoms with Gasteiger partial charge in [0.15, 0.2) is 17.4 Å². The molecule has 1 aromatic carbocycles. The minimum Gasteiger partial charge on any atom is -0.441 e. The zero-order valence-corrected chi connectivity index (χ0v) is 24.1. The Morgan fingerprint density at radius 3 is 2.55 bits per heavy atom. The number of alkyl halides is 2. The molecule has 0 amide bonds. The Hall–Kier alpha value is -4.09. The molecule has 10 nitrogen and oxygen atoms in total. The Bertz CT molecular complexity index is 1800. The molecule has 0 N–H and O–H groups in total. The van der Waals surface area contributed by atoms with Crippen LogP contribution in [-0.2, 0) is 35.1 Å². The molecule has 2 aliphatic carbocycles. The molecule has 0 bridgehead atoms. The summed E-state index contributed by atoms with van der Waals surface area (Å²) in [6.45, 7) is 7.17. The number of hydrogen-bond acceptors (Lipinski definition) is 6. The summed E-state index contributed by atoms with van der Waals surface area (Å²) in [5, 5.41) is 4.44. The van der Waals surface area contributed by atoms with Crippen LogP contribution >= 0.6 is 0 Å². The van der Waals surface area contributed by atoms with Crippen molar-refractivity contribution in [3.8, 4) is 11.4 Å². The molecule has 2 saturated carbocycles. The van der Waals surface area contributed by atoms with Crippen LogP contribution in [0.2, 0.25) is 0 Å². The Morgan fingerprint density at radius 2 is 1.93 bits per heavy atom. The molecule has 12 heteroatoms. The standard InChI is InChI=1S/C30H34F2N6O4/c1-5-11-37-26(39)23-25(36(7-3)28(37)41)34-24(38(23)22(6-2)42-27(40)30-13-21(30)14-30)19-15-33-35(17-19)16-18-9-8-10-20(12-18)29(4,31)32/h8-10,12,15,17,21-22H,5-7,11,13-14,16H2,1-4H3. The Balaban J connectivity index is 1.47. The fraction of sp³-hybridized carbons (Fsp3) is 0.500. The molecule has 1 unspecified atom stereocenters. The van der Waals surface area contributed by atoms with Crippen molar-refractivity contribution in [1.29, 1.82) is 0 Å². The smallest absolute Gasteiger partial charge is 0.332 e. The molecule has 2 fully saturated rings. The second-order valence-electron chi connectivity index (χ2n) is 11.5. The van der Waals surface area contributed by atoms with E-state index in [2.05, 4.69) is 5.10 Å². The minimum absolute atomic E-state index is 0.0873. The van der Waals surface area contributed by atoms with Crippen LogP contribution in [0.5, 0.6) is 0 Å². The SMILES string of the molecule is CCCn1c(=O)c2c(nc(-c3cnn(Cc4cccc(C(C)(F)F)c4)c3)n2C(CC)OC(=O)C23CC2C3)n(CC)c1=O. The molecule has 3 heterocycles. The molecule has 222 valence electrons. The van der Waals surface area contributed by atoms with E-state index >= 15 is 0 Å². The van der Waals surface area contributed by atoms with Crippen molar-refractivity contribution in [3.63, 3.8) is 0 Å². The predicted octanol–water partition coefficient (Wildman–Crippen LogP) is 4.67. The zero-order chi connectivity index (χ0) is 30.0. The van der Waals surface area contributed by atoms with Gasteiger partial charge in [-0.3, -0.25) is 28.0 Å². The molecule has 0 aliphatic heterocycles. The van der Waals surface area contributed by atoms with E-state index < -0.39 is 23.4 Å². The summed E-state index contributed by atoms with van der Waals surface area (Å²) in [4.78, 5) is 45.0. The van der Waals surface area contributed by atoms with Gasteiger partial charge in [0.1, 0.15) is 5.82 Å². The maximum atomic E-state index is 13.9. The van der Waals surface area contributed by atoms with Crippen molar-refractivity contribution >= 4 is 17.1 Å². The molecular formula is C30H34F2N6O4. The monoisotopic (exact) mass is 580 g/mol. The van der Waals surface area contributed by atoms with E-state index in [0.717, 1.165) is 19.8 Å². The van der Waals surface area contributed by atoms with Crippen molar-refractivity contribution in [2.75, 3.05) is 0 Å². The summed E-state index contributed by atoms with van der Waals surface area (Å²) in [5.74, 6) is -2.52. The summed E-state index contributed by atoms with van der Waals surface area (Å²) in [6.07, 6.45) is 5.06. The topological polar surface area (TPSA) is 106 Å². The van der Waals surface area contributed by atoms with Crippen LogP contribution in [-0.4, -0.2) is 34.4 Å². The van der Waals surface area contributed by atoms with Gasteiger partial charge < -0.3 is 4.74 Å². The number of benzene rings is 1. The first-order valence-corrected chi connectivity index (χ1v) is 14.5. The number of esters is 1. The van der Waals surface area contributed by atoms with Crippen LogP contribution in [0.1, 0.15) is 70.7 Å². The van der Waals surface area contributed by atoms with E-state index in [1.54, 1.807) is 33.8 Å². The number of carbonyl (C=O) groups is 1. The van der Waals surface area contributed by atoms with E-state index in [1.165, 1.54) is 21.3 Å². The van der Waals surface area contributed by atoms with Gasteiger partial charge in [-0.25, -0.2) is 18.6 Å². The number of hydrogen-bond donors (Lipinski definition) is 0. The van der Waals surface area contributed by atoms with Gasteiger partial charge in [0.05, 0.1) is 23.7 Å². The van der Waals surface area contributed by atoms with Crippen LogP contribution in [0.15, 0.2) is 46.2 Å². The van der Waals surface area contributed by atoms with Crippen LogP contribution in [0.4, 0.5) is 8.78 Å². The third-order valence-corrected chi connectivity index (χ3v) is 8.46. The van der Waals surface area contributed by atoms with Crippen molar-refractivity contribution in [2.24, 2.45) is 11.3 Å². The van der Waals surface area contributed by atoms with Gasteiger partial charge in [-0.15, -0.1) is 0 Å². The van der Waals surface area contributed by atoms with Gasteiger partial charge in [0, 0.05) is 38.2 Å². The van der Waals surface area contributed by atoms with Gasteiger partial charge in [-0.2, -0.15) is 5.10 Å². The van der Waals surface area contributed by atoms with Crippen LogP contribution in [0.3, 0.4) is 0 Å². The second-order valence-corrected chi connectivity index (χ2v) is 11.5. The highest BCUT2D eigenvalue weighted by atomic mass is 19.3. The summed E-state index contributed by atoms with van der Waals surface area (Å²) >= 11 is 0. The van der Waals surface area contributed by atoms with E-state index in [-0.39, 0.29) is 47.7 Å². The molecular weight excluding hydrogens is 546 g/mol. The van der Waals surface area contributed by atoms with Gasteiger partial charge >= 0.3 is 11.7 Å². The lowest BCUT2D eigenvalue weighted by molar-refractivity contribution is -0.158. The Labute approximate surface area is 240 Å². The molecule has 0 radical (unpaired) electrons. The molecule has 0 saturated heterocycles. The van der Waals surface area contributed by atoms with Gasteiger partial charge in [-0.1, -0.05) is 32.0 Å². The van der Waals surface area contributed by atoms with E-state index in [1.807, 2.05) is 20.8 Å². The third-order valence-electron chi connectivity index (χ3n) is 8.46. The fourth-order valence-electron chi connectivity index (χ4n) is 5.74. The predicted molar refractivity (Wildman–Crippen MR) is 151 cm³/mol. The Kier molecular flexibility index (Phi) is 6.69. The van der Waals surface area contributed by atoms with Crippen LogP contribution in [0, 0.1) is 11.3 Å². The van der Waals surface area contributed by atoms with Crippen molar-refractivity contribution in [1.82, 2.24) is 28.5 Å². The number of fused-ring (bicyclic) bond motifs is 2. The van der Waals surface area contributed by atoms with Crippen LogP contribution < -0.4 is 11.2 Å². The number of ether oxygens (including phenoxy) is 1. The number of aryl methyl sites for hydroxylation is 1. The number of aromatic nitrogens is 6. The lowest BCUT2D eigenvalue weighted by Gasteiger charge is -2.21. The number of rotatable bonds is 11. The molecule has 4 aromatic rings. The average molecular weight is 581 g/mol. The van der Waals surface area contributed by atoms with Crippen molar-refractivity contribution < 1.29 is 18.3 Å². The minimum atomic E-state index is -2.97. The van der Waals surface area contributed by atoms with Crippen molar-refractivity contribution in [2.45, 2.75) is 85.2 Å². The summed E-state index contributed by atoms with van der Waals surface area (Å²) in [6, 6.07) is 6.16. The second kappa shape index (κ2) is 10.0. The largest absolute Gasteiger partial charge is 0.441 e. The lowest BCUT2D eigenvalue weighted by Crippen LogP contribution is -2.40. The molecule has 3 aromatic heterocycles. The maximum Gasteiger partial charge on any atom is 0.332 e. The highest BCUT2D eigenvalue weighted by molar-refractivity contribution is 5.85. The molecule has 42 heavy (non-hydrogen) atoms. The first-order chi connectivity index (χ1) is 20.0. The number of imidazole rings is 1. The first kappa shape index (κ1) is 28.0. The third kappa shape index (κ3) is 4.57. The van der Waals surface area contributed by atoms with Gasteiger partial charge in [0.2, 0.25) is 0 Å². The quantitative estimate of drug-likeness (QED) is 0.239. The number of halogens is 2.